The number of thioether (sulfide) groups is 1. The molecule has 0 spiro atoms. The van der Waals surface area contributed by atoms with Gasteiger partial charge in [0.2, 0.25) is 5.91 Å². The first kappa shape index (κ1) is 14.2. The van der Waals surface area contributed by atoms with Crippen molar-refractivity contribution in [2.75, 3.05) is 6.26 Å². The Balaban J connectivity index is 1.82. The van der Waals surface area contributed by atoms with Crippen LogP contribution in [-0.2, 0) is 4.79 Å². The first-order valence-electron chi connectivity index (χ1n) is 7.17. The zero-order valence-corrected chi connectivity index (χ0v) is 12.1. The Bertz CT molecular complexity index is 290. The minimum Gasteiger partial charge on any atom is -0.389 e. The van der Waals surface area contributed by atoms with Gasteiger partial charge in [-0.1, -0.05) is 25.7 Å². The topological polar surface area (TPSA) is 49.3 Å². The molecule has 18 heavy (non-hydrogen) atoms. The Labute approximate surface area is 114 Å². The molecule has 2 aliphatic carbocycles. The van der Waals surface area contributed by atoms with Crippen LogP contribution in [0.25, 0.3) is 0 Å². The zero-order chi connectivity index (χ0) is 13.0. The normalized spacial score (nSPS) is 31.2. The molecule has 2 rings (SSSR count). The summed E-state index contributed by atoms with van der Waals surface area (Å²) in [7, 11) is 0. The summed E-state index contributed by atoms with van der Waals surface area (Å²) in [5.74, 6) is 0.0466. The number of rotatable bonds is 4. The van der Waals surface area contributed by atoms with E-state index in [1.165, 1.54) is 19.3 Å². The van der Waals surface area contributed by atoms with Gasteiger partial charge in [-0.05, 0) is 31.9 Å². The third-order valence-electron chi connectivity index (χ3n) is 4.38. The van der Waals surface area contributed by atoms with E-state index in [0.29, 0.717) is 17.7 Å². The van der Waals surface area contributed by atoms with Crippen molar-refractivity contribution in [3.05, 3.63) is 0 Å². The molecule has 0 saturated heterocycles. The lowest BCUT2D eigenvalue weighted by Crippen LogP contribution is -2.46. The number of nitrogens with one attached hydrogen (secondary N) is 1. The van der Waals surface area contributed by atoms with E-state index < -0.39 is 5.60 Å². The predicted molar refractivity (Wildman–Crippen MR) is 75.7 cm³/mol. The van der Waals surface area contributed by atoms with Gasteiger partial charge in [0.1, 0.15) is 0 Å². The third kappa shape index (κ3) is 3.64. The molecule has 0 aliphatic heterocycles. The van der Waals surface area contributed by atoms with E-state index in [1.807, 2.05) is 11.8 Å². The fourth-order valence-corrected chi connectivity index (χ4v) is 4.25. The summed E-state index contributed by atoms with van der Waals surface area (Å²) in [5.41, 5.74) is -0.715. The minimum absolute atomic E-state index is 0.0466. The molecule has 0 aromatic rings. The lowest BCUT2D eigenvalue weighted by molar-refractivity contribution is -0.126. The summed E-state index contributed by atoms with van der Waals surface area (Å²) in [4.78, 5) is 12.1. The number of hydrogen-bond donors (Lipinski definition) is 2. The Morgan fingerprint density at radius 2 is 1.94 bits per heavy atom. The van der Waals surface area contributed by atoms with Crippen LogP contribution in [0.2, 0.25) is 0 Å². The van der Waals surface area contributed by atoms with Crippen molar-refractivity contribution in [1.82, 2.24) is 5.32 Å². The maximum atomic E-state index is 12.1. The largest absolute Gasteiger partial charge is 0.389 e. The molecule has 1 amide bonds. The van der Waals surface area contributed by atoms with Gasteiger partial charge in [-0.2, -0.15) is 11.8 Å². The first-order chi connectivity index (χ1) is 8.63. The Morgan fingerprint density at radius 1 is 1.28 bits per heavy atom. The molecular formula is C14H25NO2S. The second kappa shape index (κ2) is 6.29. The van der Waals surface area contributed by atoms with Gasteiger partial charge in [0.25, 0.3) is 0 Å². The van der Waals surface area contributed by atoms with E-state index in [-0.39, 0.29) is 5.91 Å². The highest BCUT2D eigenvalue weighted by atomic mass is 32.2. The predicted octanol–water partition coefficient (Wildman–Crippen LogP) is 2.47. The average molecular weight is 271 g/mol. The first-order valence-corrected chi connectivity index (χ1v) is 8.46. The molecular weight excluding hydrogens is 246 g/mol. The Morgan fingerprint density at radius 3 is 2.61 bits per heavy atom. The molecule has 3 nitrogen and oxygen atoms in total. The molecule has 0 bridgehead atoms. The van der Waals surface area contributed by atoms with Crippen LogP contribution >= 0.6 is 11.8 Å². The van der Waals surface area contributed by atoms with Gasteiger partial charge >= 0.3 is 0 Å². The highest BCUT2D eigenvalue weighted by molar-refractivity contribution is 7.99. The van der Waals surface area contributed by atoms with Crippen molar-refractivity contribution in [3.8, 4) is 0 Å². The van der Waals surface area contributed by atoms with Crippen LogP contribution in [0, 0.1) is 0 Å². The van der Waals surface area contributed by atoms with Crippen LogP contribution < -0.4 is 5.32 Å². The molecule has 104 valence electrons. The number of hydrogen-bond acceptors (Lipinski definition) is 3. The van der Waals surface area contributed by atoms with Crippen LogP contribution in [0.1, 0.15) is 57.8 Å². The quantitative estimate of drug-likeness (QED) is 0.826. The molecule has 0 aromatic carbocycles. The lowest BCUT2D eigenvalue weighted by Gasteiger charge is -2.32. The second-order valence-corrected chi connectivity index (χ2v) is 6.92. The molecule has 0 radical (unpaired) electrons. The van der Waals surface area contributed by atoms with E-state index in [9.17, 15) is 9.90 Å². The van der Waals surface area contributed by atoms with Crippen LogP contribution in [0.15, 0.2) is 0 Å². The minimum atomic E-state index is -0.715. The van der Waals surface area contributed by atoms with Gasteiger partial charge in [0, 0.05) is 11.3 Å². The van der Waals surface area contributed by atoms with Gasteiger partial charge < -0.3 is 10.4 Å². The number of aliphatic hydroxyl groups is 1. The van der Waals surface area contributed by atoms with Crippen molar-refractivity contribution < 1.29 is 9.90 Å². The van der Waals surface area contributed by atoms with Crippen molar-refractivity contribution in [1.29, 1.82) is 0 Å². The Kier molecular flexibility index (Phi) is 4.96. The Hall–Kier alpha value is -0.220. The van der Waals surface area contributed by atoms with Gasteiger partial charge in [-0.25, -0.2) is 0 Å². The van der Waals surface area contributed by atoms with E-state index in [2.05, 4.69) is 11.6 Å². The molecule has 4 heteroatoms. The number of amides is 1. The zero-order valence-electron chi connectivity index (χ0n) is 11.3. The molecule has 2 atom stereocenters. The fraction of sp³-hybridized carbons (Fsp3) is 0.929. The van der Waals surface area contributed by atoms with Crippen molar-refractivity contribution in [2.24, 2.45) is 0 Å². The maximum Gasteiger partial charge on any atom is 0.223 e. The van der Waals surface area contributed by atoms with Crippen LogP contribution in [-0.4, -0.2) is 34.2 Å². The second-order valence-electron chi connectivity index (χ2n) is 5.84. The highest BCUT2D eigenvalue weighted by Gasteiger charge is 2.34. The molecule has 0 heterocycles. The van der Waals surface area contributed by atoms with Gasteiger partial charge in [0.15, 0.2) is 0 Å². The summed E-state index contributed by atoms with van der Waals surface area (Å²) >= 11 is 1.86. The van der Waals surface area contributed by atoms with Gasteiger partial charge in [-0.15, -0.1) is 0 Å². The molecule has 2 N–H and O–H groups in total. The van der Waals surface area contributed by atoms with Crippen LogP contribution in [0.4, 0.5) is 0 Å². The standard InChI is InChI=1S/C14H25NO2S/c1-18-12-7-3-2-6-11(12)15-13(16)10-14(17)8-4-5-9-14/h11-12,17H,2-10H2,1H3,(H,15,16). The lowest BCUT2D eigenvalue weighted by atomic mass is 9.93. The average Bonchev–Trinajstić information content (AvgIpc) is 2.76. The third-order valence-corrected chi connectivity index (χ3v) is 5.55. The SMILES string of the molecule is CSC1CCCCC1NC(=O)CC1(O)CCCC1. The molecule has 2 unspecified atom stereocenters. The summed E-state index contributed by atoms with van der Waals surface area (Å²) < 4.78 is 0. The van der Waals surface area contributed by atoms with E-state index >= 15 is 0 Å². The van der Waals surface area contributed by atoms with E-state index in [1.54, 1.807) is 0 Å². The molecule has 2 saturated carbocycles. The smallest absolute Gasteiger partial charge is 0.223 e. The van der Waals surface area contributed by atoms with Crippen molar-refractivity contribution in [2.45, 2.75) is 74.7 Å². The maximum absolute atomic E-state index is 12.1. The summed E-state index contributed by atoms with van der Waals surface area (Å²) in [5, 5.41) is 14.0. The molecule has 2 fully saturated rings. The van der Waals surface area contributed by atoms with E-state index in [0.717, 1.165) is 32.1 Å². The van der Waals surface area contributed by atoms with Crippen molar-refractivity contribution >= 4 is 17.7 Å². The molecule has 2 aliphatic rings. The monoisotopic (exact) mass is 271 g/mol. The van der Waals surface area contributed by atoms with Crippen LogP contribution in [0.5, 0.6) is 0 Å². The summed E-state index contributed by atoms with van der Waals surface area (Å²) in [6.07, 6.45) is 10.9. The summed E-state index contributed by atoms with van der Waals surface area (Å²) in [6, 6.07) is 0.311. The van der Waals surface area contributed by atoms with Gasteiger partial charge in [-0.3, -0.25) is 4.79 Å². The van der Waals surface area contributed by atoms with Gasteiger partial charge in [0.05, 0.1) is 12.0 Å². The van der Waals surface area contributed by atoms with Crippen LogP contribution in [0.3, 0.4) is 0 Å². The summed E-state index contributed by atoms with van der Waals surface area (Å²) in [6.45, 7) is 0. The van der Waals surface area contributed by atoms with E-state index in [4.69, 9.17) is 0 Å². The number of carbonyl (C=O) groups excluding carboxylic acids is 1. The fourth-order valence-electron chi connectivity index (χ4n) is 3.31. The highest BCUT2D eigenvalue weighted by Crippen LogP contribution is 2.33. The molecule has 0 aromatic heterocycles. The number of carbonyl (C=O) groups is 1. The van der Waals surface area contributed by atoms with Crippen molar-refractivity contribution in [3.63, 3.8) is 0 Å².